The summed E-state index contributed by atoms with van der Waals surface area (Å²) in [4.78, 5) is 28.6. The van der Waals surface area contributed by atoms with Crippen molar-refractivity contribution in [2.45, 2.75) is 37.6 Å². The predicted molar refractivity (Wildman–Crippen MR) is 150 cm³/mol. The summed E-state index contributed by atoms with van der Waals surface area (Å²) < 4.78 is 29.9. The van der Waals surface area contributed by atoms with Crippen molar-refractivity contribution >= 4 is 33.1 Å². The quantitative estimate of drug-likeness (QED) is 0.228. The molecule has 0 atom stereocenters. The average Bonchev–Trinajstić information content (AvgIpc) is 3.28. The van der Waals surface area contributed by atoms with E-state index in [1.54, 1.807) is 30.3 Å². The van der Waals surface area contributed by atoms with E-state index in [-0.39, 0.29) is 17.0 Å². The van der Waals surface area contributed by atoms with Gasteiger partial charge in [-0.1, -0.05) is 68.0 Å². The molecule has 1 aromatic heterocycles. The predicted octanol–water partition coefficient (Wildman–Crippen LogP) is 4.97. The number of hydrogen-bond acceptors (Lipinski definition) is 5. The standard InChI is InChI=1S/C29H30N4O5S/c1-3-5-13-26-31-24-11-8-10-23(28(34)35)27(24)33(26)19-20-14-16-21(17-15-20)22-9-6-7-12-25(22)39(37,38)32-29(36)30-18-4-2/h4,6-12,14-17H,2-3,5,13,18-19H2,1H3,(H,34,35)(H2,30,32,36). The second kappa shape index (κ2) is 12.0. The molecule has 4 rings (SSSR count). The molecule has 0 saturated carbocycles. The van der Waals surface area contributed by atoms with Gasteiger partial charge in [0.25, 0.3) is 10.0 Å². The van der Waals surface area contributed by atoms with Gasteiger partial charge >= 0.3 is 12.0 Å². The number of imidazole rings is 1. The van der Waals surface area contributed by atoms with Gasteiger partial charge in [0, 0.05) is 25.1 Å². The van der Waals surface area contributed by atoms with Crippen LogP contribution in [-0.2, 0) is 23.0 Å². The zero-order valence-corrected chi connectivity index (χ0v) is 22.4. The Bertz CT molecular complexity index is 1630. The van der Waals surface area contributed by atoms with Gasteiger partial charge < -0.3 is 15.0 Å². The molecule has 3 N–H and O–H groups in total. The maximum Gasteiger partial charge on any atom is 0.337 e. The first-order valence-electron chi connectivity index (χ1n) is 12.6. The molecule has 4 aromatic rings. The fourth-order valence-electron chi connectivity index (χ4n) is 4.39. The first-order chi connectivity index (χ1) is 18.7. The Morgan fingerprint density at radius 2 is 1.79 bits per heavy atom. The number of carboxylic acid groups (broad SMARTS) is 1. The van der Waals surface area contributed by atoms with E-state index >= 15 is 0 Å². The van der Waals surface area contributed by atoms with Crippen LogP contribution >= 0.6 is 0 Å². The molecule has 0 fully saturated rings. The van der Waals surface area contributed by atoms with E-state index in [1.165, 1.54) is 12.1 Å². The third-order valence-corrected chi connectivity index (χ3v) is 7.64. The topological polar surface area (TPSA) is 130 Å². The van der Waals surface area contributed by atoms with E-state index in [9.17, 15) is 23.1 Å². The summed E-state index contributed by atoms with van der Waals surface area (Å²) in [6, 6.07) is 18.1. The van der Waals surface area contributed by atoms with Gasteiger partial charge in [-0.3, -0.25) is 0 Å². The summed E-state index contributed by atoms with van der Waals surface area (Å²) in [5.74, 6) is -0.189. The zero-order valence-electron chi connectivity index (χ0n) is 21.6. The number of para-hydroxylation sites is 1. The van der Waals surface area contributed by atoms with Crippen LogP contribution in [0.15, 0.2) is 84.3 Å². The lowest BCUT2D eigenvalue weighted by Crippen LogP contribution is -2.39. The van der Waals surface area contributed by atoms with Crippen LogP contribution in [0.3, 0.4) is 0 Å². The monoisotopic (exact) mass is 546 g/mol. The average molecular weight is 547 g/mol. The number of carboxylic acids is 1. The van der Waals surface area contributed by atoms with Gasteiger partial charge in [0.2, 0.25) is 0 Å². The number of aryl methyl sites for hydroxylation is 1. The minimum Gasteiger partial charge on any atom is -0.478 e. The number of aromatic nitrogens is 2. The second-order valence-corrected chi connectivity index (χ2v) is 10.6. The molecule has 0 saturated heterocycles. The van der Waals surface area contributed by atoms with E-state index in [2.05, 4.69) is 18.8 Å². The van der Waals surface area contributed by atoms with Gasteiger partial charge in [-0.05, 0) is 35.7 Å². The lowest BCUT2D eigenvalue weighted by Gasteiger charge is -2.14. The second-order valence-electron chi connectivity index (χ2n) is 8.99. The number of sulfonamides is 1. The number of benzene rings is 3. The first-order valence-corrected chi connectivity index (χ1v) is 14.0. The Morgan fingerprint density at radius 1 is 1.05 bits per heavy atom. The van der Waals surface area contributed by atoms with E-state index in [1.807, 2.05) is 39.6 Å². The van der Waals surface area contributed by atoms with Gasteiger partial charge in [-0.2, -0.15) is 0 Å². The van der Waals surface area contributed by atoms with Crippen molar-refractivity contribution < 1.29 is 23.1 Å². The minimum absolute atomic E-state index is 0.0277. The number of fused-ring (bicyclic) bond motifs is 1. The summed E-state index contributed by atoms with van der Waals surface area (Å²) in [6.07, 6.45) is 4.08. The highest BCUT2D eigenvalue weighted by Crippen LogP contribution is 2.29. The summed E-state index contributed by atoms with van der Waals surface area (Å²) in [5.41, 5.74) is 3.41. The highest BCUT2D eigenvalue weighted by atomic mass is 32.2. The first kappa shape index (κ1) is 27.6. The molecule has 39 heavy (non-hydrogen) atoms. The minimum atomic E-state index is -4.14. The number of nitrogens with one attached hydrogen (secondary N) is 2. The lowest BCUT2D eigenvalue weighted by atomic mass is 10.0. The van der Waals surface area contributed by atoms with Crippen molar-refractivity contribution in [1.82, 2.24) is 19.6 Å². The fourth-order valence-corrected chi connectivity index (χ4v) is 5.55. The van der Waals surface area contributed by atoms with Crippen LogP contribution in [0.2, 0.25) is 0 Å². The number of nitrogens with zero attached hydrogens (tertiary/aromatic N) is 2. The summed E-state index contributed by atoms with van der Waals surface area (Å²) in [5, 5.41) is 12.2. The van der Waals surface area contributed by atoms with E-state index in [0.717, 1.165) is 30.7 Å². The van der Waals surface area contributed by atoms with Crippen LogP contribution in [0.25, 0.3) is 22.2 Å². The molecule has 0 aliphatic carbocycles. The summed E-state index contributed by atoms with van der Waals surface area (Å²) in [7, 11) is -4.14. The smallest absolute Gasteiger partial charge is 0.337 e. The third kappa shape index (κ3) is 6.18. The Balaban J connectivity index is 1.67. The van der Waals surface area contributed by atoms with Crippen LogP contribution in [-0.4, -0.2) is 41.6 Å². The Morgan fingerprint density at radius 3 is 2.49 bits per heavy atom. The van der Waals surface area contributed by atoms with Crippen molar-refractivity contribution in [2.24, 2.45) is 0 Å². The third-order valence-electron chi connectivity index (χ3n) is 6.25. The maximum absolute atomic E-state index is 13.0. The number of amides is 2. The van der Waals surface area contributed by atoms with Crippen LogP contribution in [0.1, 0.15) is 41.5 Å². The maximum atomic E-state index is 13.0. The fraction of sp³-hybridized carbons (Fsp3) is 0.207. The highest BCUT2D eigenvalue weighted by molar-refractivity contribution is 7.90. The van der Waals surface area contributed by atoms with Gasteiger partial charge in [0.05, 0.1) is 21.5 Å². The molecule has 0 spiro atoms. The van der Waals surface area contributed by atoms with Gasteiger partial charge in [-0.15, -0.1) is 6.58 Å². The van der Waals surface area contributed by atoms with Gasteiger partial charge in [0.1, 0.15) is 5.82 Å². The normalized spacial score (nSPS) is 11.3. The molecule has 0 bridgehead atoms. The highest BCUT2D eigenvalue weighted by Gasteiger charge is 2.22. The Kier molecular flexibility index (Phi) is 8.46. The summed E-state index contributed by atoms with van der Waals surface area (Å²) >= 11 is 0. The molecule has 202 valence electrons. The van der Waals surface area contributed by atoms with Gasteiger partial charge in [-0.25, -0.2) is 27.7 Å². The molecule has 0 aliphatic heterocycles. The van der Waals surface area contributed by atoms with Gasteiger partial charge in [0.15, 0.2) is 0 Å². The number of unbranched alkanes of at least 4 members (excludes halogenated alkanes) is 1. The van der Waals surface area contributed by atoms with Crippen molar-refractivity contribution in [1.29, 1.82) is 0 Å². The number of carbonyl (C=O) groups is 2. The van der Waals surface area contributed by atoms with Crippen LogP contribution in [0, 0.1) is 0 Å². The van der Waals surface area contributed by atoms with Crippen LogP contribution in [0.4, 0.5) is 4.79 Å². The summed E-state index contributed by atoms with van der Waals surface area (Å²) in [6.45, 7) is 6.12. The molecule has 0 aliphatic rings. The van der Waals surface area contributed by atoms with E-state index in [0.29, 0.717) is 28.7 Å². The number of rotatable bonds is 11. The number of aromatic carboxylic acids is 1. The Hall–Kier alpha value is -4.44. The largest absolute Gasteiger partial charge is 0.478 e. The zero-order chi connectivity index (χ0) is 28.0. The van der Waals surface area contributed by atoms with Crippen LogP contribution < -0.4 is 10.0 Å². The van der Waals surface area contributed by atoms with Crippen molar-refractivity contribution in [3.63, 3.8) is 0 Å². The number of hydrogen-bond donors (Lipinski definition) is 3. The molecule has 3 aromatic carbocycles. The molecular weight excluding hydrogens is 516 g/mol. The Labute approximate surface area is 227 Å². The molecular formula is C29H30N4O5S. The molecule has 10 heteroatoms. The van der Waals surface area contributed by atoms with E-state index < -0.39 is 22.0 Å². The van der Waals surface area contributed by atoms with Crippen molar-refractivity contribution in [3.05, 3.63) is 96.3 Å². The molecule has 9 nitrogen and oxygen atoms in total. The SMILES string of the molecule is C=CCNC(=O)NS(=O)(=O)c1ccccc1-c1ccc(Cn2c(CCCC)nc3cccc(C(=O)O)c32)cc1. The number of carbonyl (C=O) groups excluding carboxylic acids is 1. The number of urea groups is 1. The molecule has 0 unspecified atom stereocenters. The van der Waals surface area contributed by atoms with Crippen LogP contribution in [0.5, 0.6) is 0 Å². The lowest BCUT2D eigenvalue weighted by molar-refractivity contribution is 0.0698. The molecule has 0 radical (unpaired) electrons. The molecule has 2 amide bonds. The molecule has 1 heterocycles. The van der Waals surface area contributed by atoms with E-state index in [4.69, 9.17) is 4.98 Å². The van der Waals surface area contributed by atoms with Crippen molar-refractivity contribution in [2.75, 3.05) is 6.54 Å². The van der Waals surface area contributed by atoms with Crippen molar-refractivity contribution in [3.8, 4) is 11.1 Å².